The summed E-state index contributed by atoms with van der Waals surface area (Å²) in [7, 11) is 0. The highest BCUT2D eigenvalue weighted by Gasteiger charge is 2.54. The first-order chi connectivity index (χ1) is 9.80. The number of alkyl halides is 2. The Morgan fingerprint density at radius 2 is 2.19 bits per heavy atom. The highest BCUT2D eigenvalue weighted by molar-refractivity contribution is 5.82. The minimum absolute atomic E-state index is 0.150. The minimum atomic E-state index is -3.46. The Morgan fingerprint density at radius 1 is 1.48 bits per heavy atom. The molecule has 1 heterocycles. The van der Waals surface area contributed by atoms with Crippen LogP contribution in [-0.4, -0.2) is 31.4 Å². The van der Waals surface area contributed by atoms with Gasteiger partial charge in [-0.25, -0.2) is 13.2 Å². The lowest BCUT2D eigenvalue weighted by Gasteiger charge is -2.33. The van der Waals surface area contributed by atoms with Crippen LogP contribution in [0, 0.1) is 5.82 Å². The standard InChI is InChI=1S/C13H14F3N3O2/c1-12(13(15,16)6-21-5-11(17)19-12)9-4-8(18-7-20)2-3-10(9)14/h2-4,7H,5-6H2,1H3,(H2,17,19)(H,18,20)/t12-/m1/s1. The number of halogens is 3. The van der Waals surface area contributed by atoms with E-state index in [-0.39, 0.29) is 23.7 Å². The molecular formula is C13H14F3N3O2. The van der Waals surface area contributed by atoms with E-state index in [9.17, 15) is 18.0 Å². The molecule has 0 saturated heterocycles. The number of aliphatic imine (C=N–C) groups is 1. The Hall–Kier alpha value is -2.09. The number of amides is 1. The Bertz CT molecular complexity index is 592. The molecule has 1 aliphatic rings. The summed E-state index contributed by atoms with van der Waals surface area (Å²) in [6, 6.07) is 3.36. The second-order valence-corrected chi connectivity index (χ2v) is 4.83. The number of carbonyl (C=O) groups is 1. The molecule has 1 aliphatic heterocycles. The molecule has 0 saturated carbocycles. The smallest absolute Gasteiger partial charge is 0.299 e. The van der Waals surface area contributed by atoms with Gasteiger partial charge in [-0.3, -0.25) is 9.79 Å². The number of nitrogens with zero attached hydrogens (tertiary/aromatic N) is 1. The van der Waals surface area contributed by atoms with Crippen molar-refractivity contribution in [2.24, 2.45) is 10.7 Å². The van der Waals surface area contributed by atoms with Crippen LogP contribution >= 0.6 is 0 Å². The lowest BCUT2D eigenvalue weighted by Crippen LogP contribution is -2.45. The van der Waals surface area contributed by atoms with E-state index < -0.39 is 23.9 Å². The zero-order valence-corrected chi connectivity index (χ0v) is 11.2. The highest BCUT2D eigenvalue weighted by atomic mass is 19.3. The van der Waals surface area contributed by atoms with E-state index in [0.717, 1.165) is 19.1 Å². The number of anilines is 1. The van der Waals surface area contributed by atoms with E-state index in [4.69, 9.17) is 10.5 Å². The average molecular weight is 301 g/mol. The van der Waals surface area contributed by atoms with Gasteiger partial charge in [-0.1, -0.05) is 0 Å². The van der Waals surface area contributed by atoms with Gasteiger partial charge in [0.05, 0.1) is 0 Å². The van der Waals surface area contributed by atoms with E-state index in [1.807, 2.05) is 0 Å². The van der Waals surface area contributed by atoms with Crippen LogP contribution in [0.25, 0.3) is 0 Å². The van der Waals surface area contributed by atoms with E-state index in [1.165, 1.54) is 6.07 Å². The fourth-order valence-electron chi connectivity index (χ4n) is 2.14. The van der Waals surface area contributed by atoms with Crippen molar-refractivity contribution in [1.82, 2.24) is 0 Å². The third-order valence-corrected chi connectivity index (χ3v) is 3.33. The normalized spacial score (nSPS) is 24.9. The maximum Gasteiger partial charge on any atom is 0.299 e. The predicted octanol–water partition coefficient (Wildman–Crippen LogP) is 1.63. The largest absolute Gasteiger partial charge is 0.385 e. The van der Waals surface area contributed by atoms with Crippen LogP contribution in [0.2, 0.25) is 0 Å². The fraction of sp³-hybridized carbons (Fsp3) is 0.385. The van der Waals surface area contributed by atoms with Crippen LogP contribution in [0.3, 0.4) is 0 Å². The highest BCUT2D eigenvalue weighted by Crippen LogP contribution is 2.44. The molecule has 1 aromatic carbocycles. The predicted molar refractivity (Wildman–Crippen MR) is 70.8 cm³/mol. The Kier molecular flexibility index (Phi) is 3.91. The van der Waals surface area contributed by atoms with Crippen molar-refractivity contribution in [3.63, 3.8) is 0 Å². The molecule has 114 valence electrons. The first-order valence-electron chi connectivity index (χ1n) is 6.10. The number of amidine groups is 1. The quantitative estimate of drug-likeness (QED) is 0.833. The number of nitrogens with one attached hydrogen (secondary N) is 1. The Balaban J connectivity index is 2.62. The van der Waals surface area contributed by atoms with Crippen LogP contribution < -0.4 is 11.1 Å². The molecule has 0 radical (unpaired) electrons. The number of ether oxygens (including phenoxy) is 1. The summed E-state index contributed by atoms with van der Waals surface area (Å²) in [5.41, 5.74) is 3.10. The number of benzene rings is 1. The number of nitrogens with two attached hydrogens (primary N) is 1. The van der Waals surface area contributed by atoms with Crippen molar-refractivity contribution in [3.05, 3.63) is 29.6 Å². The van der Waals surface area contributed by atoms with Crippen LogP contribution in [0.4, 0.5) is 18.9 Å². The molecular weight excluding hydrogens is 287 g/mol. The van der Waals surface area contributed by atoms with E-state index in [2.05, 4.69) is 10.3 Å². The van der Waals surface area contributed by atoms with Crippen LogP contribution in [0.5, 0.6) is 0 Å². The topological polar surface area (TPSA) is 76.7 Å². The first-order valence-corrected chi connectivity index (χ1v) is 6.10. The minimum Gasteiger partial charge on any atom is -0.385 e. The second-order valence-electron chi connectivity index (χ2n) is 4.83. The molecule has 0 fully saturated rings. The van der Waals surface area contributed by atoms with Gasteiger partial charge in [-0.15, -0.1) is 0 Å². The number of rotatable bonds is 3. The first kappa shape index (κ1) is 15.3. The van der Waals surface area contributed by atoms with Gasteiger partial charge >= 0.3 is 0 Å². The van der Waals surface area contributed by atoms with Gasteiger partial charge in [0.15, 0.2) is 5.54 Å². The lowest BCUT2D eigenvalue weighted by molar-refractivity contribution is -0.116. The van der Waals surface area contributed by atoms with Gasteiger partial charge < -0.3 is 15.8 Å². The van der Waals surface area contributed by atoms with Gasteiger partial charge in [-0.05, 0) is 25.1 Å². The zero-order valence-electron chi connectivity index (χ0n) is 11.2. The summed E-state index contributed by atoms with van der Waals surface area (Å²) in [5, 5.41) is 2.28. The van der Waals surface area contributed by atoms with Crippen molar-refractivity contribution in [2.45, 2.75) is 18.4 Å². The van der Waals surface area contributed by atoms with Gasteiger partial charge in [-0.2, -0.15) is 0 Å². The molecule has 5 nitrogen and oxygen atoms in total. The fourth-order valence-corrected chi connectivity index (χ4v) is 2.14. The third kappa shape index (κ3) is 2.71. The van der Waals surface area contributed by atoms with Crippen molar-refractivity contribution in [2.75, 3.05) is 18.5 Å². The van der Waals surface area contributed by atoms with Gasteiger partial charge in [0.2, 0.25) is 6.41 Å². The van der Waals surface area contributed by atoms with Crippen molar-refractivity contribution in [3.8, 4) is 0 Å². The van der Waals surface area contributed by atoms with Crippen LogP contribution in [0.15, 0.2) is 23.2 Å². The maximum atomic E-state index is 14.3. The molecule has 1 aromatic rings. The molecule has 8 heteroatoms. The molecule has 3 N–H and O–H groups in total. The van der Waals surface area contributed by atoms with Gasteiger partial charge in [0.1, 0.15) is 24.9 Å². The lowest BCUT2D eigenvalue weighted by atomic mass is 9.85. The summed E-state index contributed by atoms with van der Waals surface area (Å²) in [5.74, 6) is -4.48. The van der Waals surface area contributed by atoms with Crippen LogP contribution in [-0.2, 0) is 15.1 Å². The molecule has 2 rings (SSSR count). The van der Waals surface area contributed by atoms with Crippen molar-refractivity contribution >= 4 is 17.9 Å². The average Bonchev–Trinajstić information content (AvgIpc) is 2.49. The van der Waals surface area contributed by atoms with Crippen LogP contribution in [0.1, 0.15) is 12.5 Å². The van der Waals surface area contributed by atoms with E-state index in [1.54, 1.807) is 0 Å². The number of hydrogen-bond donors (Lipinski definition) is 2. The molecule has 0 unspecified atom stereocenters. The van der Waals surface area contributed by atoms with Crippen molar-refractivity contribution in [1.29, 1.82) is 0 Å². The van der Waals surface area contributed by atoms with E-state index >= 15 is 0 Å². The third-order valence-electron chi connectivity index (χ3n) is 3.33. The van der Waals surface area contributed by atoms with E-state index in [0.29, 0.717) is 6.41 Å². The molecule has 0 aliphatic carbocycles. The monoisotopic (exact) mass is 301 g/mol. The number of carbonyl (C=O) groups excluding carboxylic acids is 1. The Labute approximate surface area is 119 Å². The van der Waals surface area contributed by atoms with Gasteiger partial charge in [0.25, 0.3) is 5.92 Å². The molecule has 1 atom stereocenters. The summed E-state index contributed by atoms with van der Waals surface area (Å²) >= 11 is 0. The summed E-state index contributed by atoms with van der Waals surface area (Å²) < 4.78 is 47.4. The summed E-state index contributed by atoms with van der Waals surface area (Å²) in [6.07, 6.45) is 0.366. The molecule has 0 aromatic heterocycles. The second kappa shape index (κ2) is 5.36. The molecule has 1 amide bonds. The maximum absolute atomic E-state index is 14.3. The number of hydrogen-bond acceptors (Lipinski definition) is 4. The SMILES string of the molecule is C[C@]1(c2cc(NC=O)ccc2F)N=C(N)COCC1(F)F. The molecule has 0 spiro atoms. The summed E-state index contributed by atoms with van der Waals surface area (Å²) in [4.78, 5) is 14.2. The summed E-state index contributed by atoms with van der Waals surface area (Å²) in [6.45, 7) is -0.102. The Morgan fingerprint density at radius 3 is 2.86 bits per heavy atom. The van der Waals surface area contributed by atoms with Gasteiger partial charge in [0, 0.05) is 11.3 Å². The zero-order chi connectivity index (χ0) is 15.7. The molecule has 0 bridgehead atoms. The van der Waals surface area contributed by atoms with Crippen molar-refractivity contribution < 1.29 is 22.7 Å². The molecule has 21 heavy (non-hydrogen) atoms.